The van der Waals surface area contributed by atoms with Crippen LogP contribution in [-0.2, 0) is 6.54 Å². The molecule has 5 rings (SSSR count). The van der Waals surface area contributed by atoms with Crippen molar-refractivity contribution in [3.8, 4) is 0 Å². The van der Waals surface area contributed by atoms with Crippen LogP contribution in [0.1, 0.15) is 24.0 Å². The van der Waals surface area contributed by atoms with Crippen molar-refractivity contribution in [2.75, 3.05) is 10.6 Å². The summed E-state index contributed by atoms with van der Waals surface area (Å²) in [6.45, 7) is 4.18. The average molecular weight is 384 g/mol. The van der Waals surface area contributed by atoms with E-state index in [1.807, 2.05) is 42.7 Å². The van der Waals surface area contributed by atoms with Gasteiger partial charge in [0.15, 0.2) is 5.82 Å². The summed E-state index contributed by atoms with van der Waals surface area (Å²) >= 11 is 0. The molecule has 4 aromatic rings. The Bertz CT molecular complexity index is 1220. The highest BCUT2D eigenvalue weighted by molar-refractivity contribution is 6.08. The van der Waals surface area contributed by atoms with Crippen LogP contribution in [-0.4, -0.2) is 31.1 Å². The molecule has 1 fully saturated rings. The number of aromatic nitrogens is 4. The van der Waals surface area contributed by atoms with Crippen LogP contribution in [0.15, 0.2) is 55.5 Å². The summed E-state index contributed by atoms with van der Waals surface area (Å²) in [7, 11) is 0. The second-order valence-electron chi connectivity index (χ2n) is 7.23. The average Bonchev–Trinajstić information content (AvgIpc) is 3.56. The Hall–Kier alpha value is -3.74. The van der Waals surface area contributed by atoms with E-state index in [2.05, 4.69) is 27.2 Å². The van der Waals surface area contributed by atoms with Crippen molar-refractivity contribution in [1.29, 1.82) is 0 Å². The molecule has 0 saturated heterocycles. The molecule has 3 heterocycles. The van der Waals surface area contributed by atoms with Crippen molar-refractivity contribution >= 4 is 39.3 Å². The summed E-state index contributed by atoms with van der Waals surface area (Å²) in [4.78, 5) is 18.2. The Balaban J connectivity index is 1.63. The molecule has 29 heavy (non-hydrogen) atoms. The van der Waals surface area contributed by atoms with Gasteiger partial charge in [0.25, 0.3) is 0 Å². The number of aliphatic hydroxyl groups is 1. The highest BCUT2D eigenvalue weighted by Gasteiger charge is 2.22. The predicted octanol–water partition coefficient (Wildman–Crippen LogP) is 4.29. The molecule has 1 saturated carbocycles. The third kappa shape index (κ3) is 3.54. The van der Waals surface area contributed by atoms with Crippen molar-refractivity contribution in [3.05, 3.63) is 66.6 Å². The highest BCUT2D eigenvalue weighted by atomic mass is 16.3. The summed E-state index contributed by atoms with van der Waals surface area (Å²) < 4.78 is 0. The molecule has 1 aliphatic rings. The first kappa shape index (κ1) is 17.4. The van der Waals surface area contributed by atoms with E-state index in [-0.39, 0.29) is 5.76 Å². The predicted molar refractivity (Wildman–Crippen MR) is 115 cm³/mol. The summed E-state index contributed by atoms with van der Waals surface area (Å²) in [5.74, 6) is 1.29. The second kappa shape index (κ2) is 7.01. The first-order valence-corrected chi connectivity index (χ1v) is 9.55. The smallest absolute Gasteiger partial charge is 0.223 e. The Morgan fingerprint density at radius 1 is 1.14 bits per heavy atom. The van der Waals surface area contributed by atoms with Gasteiger partial charge in [-0.15, -0.1) is 0 Å². The molecule has 3 aromatic heterocycles. The first-order valence-electron chi connectivity index (χ1n) is 9.55. The van der Waals surface area contributed by atoms with Gasteiger partial charge in [0, 0.05) is 47.5 Å². The normalized spacial score (nSPS) is 13.5. The summed E-state index contributed by atoms with van der Waals surface area (Å²) in [5, 5.41) is 18.3. The van der Waals surface area contributed by atoms with E-state index in [0.717, 1.165) is 40.2 Å². The lowest BCUT2D eigenvalue weighted by molar-refractivity contribution is 0.514. The fourth-order valence-corrected chi connectivity index (χ4v) is 3.26. The van der Waals surface area contributed by atoms with E-state index in [9.17, 15) is 5.11 Å². The zero-order valence-electron chi connectivity index (χ0n) is 15.8. The van der Waals surface area contributed by atoms with Gasteiger partial charge in [-0.1, -0.05) is 24.8 Å². The van der Waals surface area contributed by atoms with Gasteiger partial charge >= 0.3 is 0 Å². The number of anilines is 2. The first-order chi connectivity index (χ1) is 14.2. The second-order valence-corrected chi connectivity index (χ2v) is 7.23. The lowest BCUT2D eigenvalue weighted by Gasteiger charge is -2.13. The molecule has 0 amide bonds. The number of hydrogen-bond donors (Lipinski definition) is 3. The van der Waals surface area contributed by atoms with Gasteiger partial charge in [-0.05, 0) is 30.5 Å². The molecule has 144 valence electrons. The molecule has 1 aromatic carbocycles. The van der Waals surface area contributed by atoms with E-state index < -0.39 is 0 Å². The molecule has 7 nitrogen and oxygen atoms in total. The number of nitrogens with zero attached hydrogens (tertiary/aromatic N) is 4. The standard InChI is InChI=1S/C22H20N6O/c1-13(29)15-4-7-17-18-12-25-22(26-16-5-6-16)28-20(18)21(27-19(17)9-15)24-11-14-3-2-8-23-10-14/h2-4,7-10,12,16,29H,1,5-6,11H2,(H,24,27)(H,25,26,28). The summed E-state index contributed by atoms with van der Waals surface area (Å²) in [6.07, 6.45) is 7.70. The maximum Gasteiger partial charge on any atom is 0.223 e. The maximum atomic E-state index is 9.77. The number of fused-ring (bicyclic) bond motifs is 3. The molecule has 0 radical (unpaired) electrons. The Morgan fingerprint density at radius 3 is 2.79 bits per heavy atom. The maximum absolute atomic E-state index is 9.77. The molecular formula is C22H20N6O. The minimum absolute atomic E-state index is 0.0129. The van der Waals surface area contributed by atoms with Gasteiger partial charge in [0.05, 0.1) is 5.52 Å². The monoisotopic (exact) mass is 384 g/mol. The SMILES string of the molecule is C=C(O)c1ccc2c(c1)nc(NCc1cccnc1)c1nc(NC3CC3)ncc12. The molecule has 7 heteroatoms. The van der Waals surface area contributed by atoms with Gasteiger partial charge in [-0.2, -0.15) is 0 Å². The van der Waals surface area contributed by atoms with Crippen LogP contribution in [0.4, 0.5) is 11.8 Å². The van der Waals surface area contributed by atoms with Crippen molar-refractivity contribution in [2.24, 2.45) is 0 Å². The van der Waals surface area contributed by atoms with E-state index in [0.29, 0.717) is 29.9 Å². The van der Waals surface area contributed by atoms with Crippen molar-refractivity contribution in [3.63, 3.8) is 0 Å². The number of hydrogen-bond acceptors (Lipinski definition) is 7. The van der Waals surface area contributed by atoms with E-state index >= 15 is 0 Å². The third-order valence-corrected chi connectivity index (χ3v) is 4.96. The third-order valence-electron chi connectivity index (χ3n) is 4.96. The number of aliphatic hydroxyl groups excluding tert-OH is 1. The van der Waals surface area contributed by atoms with Crippen LogP contribution in [0.2, 0.25) is 0 Å². The molecule has 0 atom stereocenters. The fourth-order valence-electron chi connectivity index (χ4n) is 3.26. The van der Waals surface area contributed by atoms with Crippen LogP contribution in [0.5, 0.6) is 0 Å². The summed E-state index contributed by atoms with van der Waals surface area (Å²) in [6, 6.07) is 9.94. The zero-order chi connectivity index (χ0) is 19.8. The van der Waals surface area contributed by atoms with Crippen LogP contribution >= 0.6 is 0 Å². The van der Waals surface area contributed by atoms with Crippen molar-refractivity contribution < 1.29 is 5.11 Å². The quantitative estimate of drug-likeness (QED) is 0.337. The van der Waals surface area contributed by atoms with Gasteiger partial charge in [-0.25, -0.2) is 15.0 Å². The Kier molecular flexibility index (Phi) is 4.20. The Labute approximate surface area is 167 Å². The number of rotatable bonds is 6. The Morgan fingerprint density at radius 2 is 2.03 bits per heavy atom. The van der Waals surface area contributed by atoms with Gasteiger partial charge < -0.3 is 15.7 Å². The van der Waals surface area contributed by atoms with Crippen LogP contribution < -0.4 is 10.6 Å². The number of nitrogens with one attached hydrogen (secondary N) is 2. The van der Waals surface area contributed by atoms with Crippen LogP contribution in [0.25, 0.3) is 27.6 Å². The van der Waals surface area contributed by atoms with Gasteiger partial charge in [-0.3, -0.25) is 4.98 Å². The molecular weight excluding hydrogens is 364 g/mol. The zero-order valence-corrected chi connectivity index (χ0v) is 15.8. The lowest BCUT2D eigenvalue weighted by Crippen LogP contribution is -2.08. The fraction of sp³-hybridized carbons (Fsp3) is 0.182. The number of benzene rings is 1. The van der Waals surface area contributed by atoms with Crippen molar-refractivity contribution in [1.82, 2.24) is 19.9 Å². The molecule has 0 aliphatic heterocycles. The molecule has 0 unspecified atom stereocenters. The molecule has 0 spiro atoms. The molecule has 0 bridgehead atoms. The van der Waals surface area contributed by atoms with E-state index in [4.69, 9.17) is 9.97 Å². The minimum atomic E-state index is 0.0129. The van der Waals surface area contributed by atoms with E-state index in [1.54, 1.807) is 6.20 Å². The summed E-state index contributed by atoms with van der Waals surface area (Å²) in [5.41, 5.74) is 3.18. The minimum Gasteiger partial charge on any atom is -0.508 e. The van der Waals surface area contributed by atoms with E-state index in [1.165, 1.54) is 0 Å². The molecule has 1 aliphatic carbocycles. The van der Waals surface area contributed by atoms with Crippen LogP contribution in [0, 0.1) is 0 Å². The molecule has 3 N–H and O–H groups in total. The van der Waals surface area contributed by atoms with Gasteiger partial charge in [0.1, 0.15) is 11.3 Å². The topological polar surface area (TPSA) is 95.9 Å². The lowest BCUT2D eigenvalue weighted by atomic mass is 10.1. The van der Waals surface area contributed by atoms with Crippen molar-refractivity contribution in [2.45, 2.75) is 25.4 Å². The van der Waals surface area contributed by atoms with Gasteiger partial charge in [0.2, 0.25) is 5.95 Å². The highest BCUT2D eigenvalue weighted by Crippen LogP contribution is 2.31. The number of pyridine rings is 2. The largest absolute Gasteiger partial charge is 0.508 e. The van der Waals surface area contributed by atoms with Crippen LogP contribution in [0.3, 0.4) is 0 Å².